The Morgan fingerprint density at radius 3 is 2.38 bits per heavy atom. The Labute approximate surface area is 194 Å². The molecule has 3 heteroatoms. The van der Waals surface area contributed by atoms with Crippen molar-refractivity contribution < 1.29 is 14.3 Å². The first-order valence-corrected chi connectivity index (χ1v) is 12.9. The zero-order valence-electron chi connectivity index (χ0n) is 21.2. The van der Waals surface area contributed by atoms with E-state index in [9.17, 15) is 9.59 Å². The van der Waals surface area contributed by atoms with Crippen LogP contribution in [0.25, 0.3) is 0 Å². The van der Waals surface area contributed by atoms with Crippen molar-refractivity contribution in [3.05, 3.63) is 23.8 Å². The minimum Gasteiger partial charge on any atom is -0.358 e. The zero-order valence-corrected chi connectivity index (χ0v) is 21.2. The maximum atomic E-state index is 12.8. The average Bonchev–Trinajstić information content (AvgIpc) is 3.27. The number of allylic oxidation sites excluding steroid dienone is 3. The van der Waals surface area contributed by atoms with Gasteiger partial charge in [-0.05, 0) is 92.4 Å². The molecule has 0 spiro atoms. The zero-order chi connectivity index (χ0) is 23.3. The second kappa shape index (κ2) is 6.68. The highest BCUT2D eigenvalue weighted by atomic mass is 16.6. The molecule has 176 valence electrons. The van der Waals surface area contributed by atoms with E-state index in [2.05, 4.69) is 46.8 Å². The maximum Gasteiger partial charge on any atom is 0.187 e. The number of Topliss-reactive ketones (excluding diaryl/α,β-unsaturated/α-hetero) is 1. The Hall–Kier alpha value is -1.22. The van der Waals surface area contributed by atoms with Crippen LogP contribution in [0.1, 0.15) is 93.4 Å². The molecule has 0 N–H and O–H groups in total. The van der Waals surface area contributed by atoms with Crippen LogP contribution >= 0.6 is 0 Å². The fraction of sp³-hybridized carbons (Fsp3) is 0.793. The van der Waals surface area contributed by atoms with Gasteiger partial charge in [0, 0.05) is 11.8 Å². The van der Waals surface area contributed by atoms with Crippen molar-refractivity contribution in [2.75, 3.05) is 0 Å². The highest BCUT2D eigenvalue weighted by molar-refractivity contribution is 5.96. The number of carbonyl (C=O) groups is 2. The summed E-state index contributed by atoms with van der Waals surface area (Å²) in [5, 5.41) is 0. The highest BCUT2D eigenvalue weighted by Gasteiger charge is 2.64. The van der Waals surface area contributed by atoms with Crippen molar-refractivity contribution >= 4 is 11.6 Å². The molecule has 1 saturated heterocycles. The van der Waals surface area contributed by atoms with E-state index >= 15 is 0 Å². The first-order valence-electron chi connectivity index (χ1n) is 12.9. The highest BCUT2D eigenvalue weighted by Crippen LogP contribution is 2.72. The smallest absolute Gasteiger partial charge is 0.187 e. The number of hydrogen-bond acceptors (Lipinski definition) is 3. The molecule has 0 aromatic rings. The van der Waals surface area contributed by atoms with Crippen molar-refractivity contribution in [1.29, 1.82) is 0 Å². The van der Waals surface area contributed by atoms with Crippen LogP contribution in [0.15, 0.2) is 23.8 Å². The average molecular weight is 439 g/mol. The first kappa shape index (κ1) is 22.6. The second-order valence-electron chi connectivity index (χ2n) is 13.4. The molecule has 32 heavy (non-hydrogen) atoms. The number of hydrogen-bond donors (Lipinski definition) is 0. The van der Waals surface area contributed by atoms with Crippen LogP contribution in [-0.2, 0) is 14.3 Å². The summed E-state index contributed by atoms with van der Waals surface area (Å²) >= 11 is 0. The predicted octanol–water partition coefficient (Wildman–Crippen LogP) is 6.46. The Bertz CT molecular complexity index is 923. The van der Waals surface area contributed by atoms with E-state index in [4.69, 9.17) is 4.74 Å². The van der Waals surface area contributed by atoms with Crippen LogP contribution in [0.5, 0.6) is 0 Å². The van der Waals surface area contributed by atoms with Crippen LogP contribution in [0.2, 0.25) is 0 Å². The van der Waals surface area contributed by atoms with Crippen LogP contribution in [0, 0.1) is 39.4 Å². The van der Waals surface area contributed by atoms with Crippen molar-refractivity contribution in [1.82, 2.24) is 0 Å². The molecule has 0 radical (unpaired) electrons. The van der Waals surface area contributed by atoms with Crippen molar-refractivity contribution in [2.45, 2.75) is 105 Å². The van der Waals surface area contributed by atoms with Crippen molar-refractivity contribution in [3.8, 4) is 0 Å². The van der Waals surface area contributed by atoms with E-state index < -0.39 is 0 Å². The summed E-state index contributed by atoms with van der Waals surface area (Å²) in [7, 11) is 0. The summed E-state index contributed by atoms with van der Waals surface area (Å²) < 4.78 is 5.56. The topological polar surface area (TPSA) is 46.7 Å². The predicted molar refractivity (Wildman–Crippen MR) is 127 cm³/mol. The Morgan fingerprint density at radius 2 is 1.72 bits per heavy atom. The molecule has 0 bridgehead atoms. The number of ketones is 2. The van der Waals surface area contributed by atoms with Gasteiger partial charge in [-0.1, -0.05) is 52.3 Å². The van der Waals surface area contributed by atoms with Gasteiger partial charge in [-0.25, -0.2) is 0 Å². The summed E-state index contributed by atoms with van der Waals surface area (Å²) in [6, 6.07) is 0. The Kier molecular flexibility index (Phi) is 4.71. The Balaban J connectivity index is 1.43. The lowest BCUT2D eigenvalue weighted by atomic mass is 9.41. The number of epoxide rings is 1. The van der Waals surface area contributed by atoms with Crippen LogP contribution in [0.3, 0.4) is 0 Å². The molecular formula is C29H42O3. The normalized spacial score (nSPS) is 48.6. The van der Waals surface area contributed by atoms with Gasteiger partial charge < -0.3 is 4.74 Å². The summed E-state index contributed by atoms with van der Waals surface area (Å²) in [5.74, 6) is 2.07. The summed E-state index contributed by atoms with van der Waals surface area (Å²) in [6.45, 7) is 15.9. The third-order valence-corrected chi connectivity index (χ3v) is 11.4. The van der Waals surface area contributed by atoms with Crippen LogP contribution < -0.4 is 0 Å². The van der Waals surface area contributed by atoms with Gasteiger partial charge in [-0.15, -0.1) is 0 Å². The van der Waals surface area contributed by atoms with E-state index in [0.717, 1.165) is 25.7 Å². The first-order chi connectivity index (χ1) is 14.8. The molecule has 0 amide bonds. The number of rotatable bonds is 3. The summed E-state index contributed by atoms with van der Waals surface area (Å²) in [6.07, 6.45) is 14.0. The molecule has 5 aliphatic rings. The molecule has 0 aromatic heterocycles. The molecule has 1 aliphatic heterocycles. The van der Waals surface area contributed by atoms with E-state index in [1.54, 1.807) is 5.57 Å². The molecule has 7 unspecified atom stereocenters. The van der Waals surface area contributed by atoms with Gasteiger partial charge in [0.2, 0.25) is 0 Å². The van der Waals surface area contributed by atoms with Gasteiger partial charge in [0.05, 0.1) is 5.60 Å². The van der Waals surface area contributed by atoms with Gasteiger partial charge >= 0.3 is 0 Å². The van der Waals surface area contributed by atoms with E-state index in [1.807, 2.05) is 19.9 Å². The fourth-order valence-electron chi connectivity index (χ4n) is 8.83. The third-order valence-electron chi connectivity index (χ3n) is 11.4. The minimum atomic E-state index is -0.290. The van der Waals surface area contributed by atoms with Gasteiger partial charge in [-0.3, -0.25) is 9.59 Å². The van der Waals surface area contributed by atoms with Crippen molar-refractivity contribution in [2.24, 2.45) is 39.4 Å². The maximum absolute atomic E-state index is 12.8. The van der Waals surface area contributed by atoms with E-state index in [1.165, 1.54) is 19.3 Å². The number of ether oxygens (including phenoxy) is 1. The fourth-order valence-corrected chi connectivity index (χ4v) is 8.83. The summed E-state index contributed by atoms with van der Waals surface area (Å²) in [4.78, 5) is 25.4. The van der Waals surface area contributed by atoms with Crippen molar-refractivity contribution in [3.63, 3.8) is 0 Å². The van der Waals surface area contributed by atoms with Crippen LogP contribution in [0.4, 0.5) is 0 Å². The molecule has 1 heterocycles. The summed E-state index contributed by atoms with van der Waals surface area (Å²) in [5.41, 5.74) is 1.78. The molecular weight excluding hydrogens is 396 g/mol. The monoisotopic (exact) mass is 438 g/mol. The largest absolute Gasteiger partial charge is 0.358 e. The molecule has 5 rings (SSSR count). The second-order valence-corrected chi connectivity index (χ2v) is 13.4. The standard InChI is InChI=1S/C29H42O3/c1-25(2)22-11-9-20-19(27(22,5)15-14-23(25)31)13-17-28(6)18(12-16-29(20,28)7)8-10-21(30)24-26(3,4)32-24/h8-10,18-19,22,24H,11-17H2,1-7H3. The third kappa shape index (κ3) is 2.82. The van der Waals surface area contributed by atoms with E-state index in [-0.39, 0.29) is 39.1 Å². The number of carbonyl (C=O) groups excluding carboxylic acids is 2. The van der Waals surface area contributed by atoms with E-state index in [0.29, 0.717) is 23.5 Å². The molecule has 0 aromatic carbocycles. The lowest BCUT2D eigenvalue weighted by Gasteiger charge is -2.62. The molecule has 3 nitrogen and oxygen atoms in total. The van der Waals surface area contributed by atoms with Gasteiger partial charge in [0.15, 0.2) is 5.78 Å². The molecule has 3 saturated carbocycles. The molecule has 4 aliphatic carbocycles. The van der Waals surface area contributed by atoms with Crippen LogP contribution in [-0.4, -0.2) is 23.3 Å². The molecule has 4 fully saturated rings. The SMILES string of the molecule is CC1(C)OC1C(=O)C=CC1CCC2(C)C3=CCC4C(C)(C)C(=O)CCC4(C)C3CCC12C. The van der Waals surface area contributed by atoms with Gasteiger partial charge in [0.25, 0.3) is 0 Å². The van der Waals surface area contributed by atoms with Gasteiger partial charge in [-0.2, -0.15) is 0 Å². The quantitative estimate of drug-likeness (QED) is 0.288. The Morgan fingerprint density at radius 1 is 1.03 bits per heavy atom. The lowest BCUT2D eigenvalue weighted by molar-refractivity contribution is -0.145. The lowest BCUT2D eigenvalue weighted by Crippen LogP contribution is -2.56. The minimum absolute atomic E-state index is 0.127. The van der Waals surface area contributed by atoms with Gasteiger partial charge in [0.1, 0.15) is 11.9 Å². The molecule has 7 atom stereocenters. The number of fused-ring (bicyclic) bond motifs is 5.